The van der Waals surface area contributed by atoms with Gasteiger partial charge in [0.2, 0.25) is 0 Å². The Kier molecular flexibility index (Phi) is 5.00. The molecule has 0 atom stereocenters. The maximum absolute atomic E-state index is 9.38. The highest BCUT2D eigenvalue weighted by Crippen LogP contribution is 2.32. The minimum absolute atomic E-state index is 0.463. The van der Waals surface area contributed by atoms with E-state index in [0.29, 0.717) is 21.4 Å². The quantitative estimate of drug-likeness (QED) is 0.391. The number of halogens is 2. The Morgan fingerprint density at radius 2 is 1.70 bits per heavy atom. The zero-order valence-electron chi connectivity index (χ0n) is 11.7. The summed E-state index contributed by atoms with van der Waals surface area (Å²) in [5.41, 5.74) is 1.52. The van der Waals surface area contributed by atoms with Gasteiger partial charge >= 0.3 is 0 Å². The molecule has 20 heavy (non-hydrogen) atoms. The lowest BCUT2D eigenvalue weighted by molar-refractivity contribution is 0.286. The van der Waals surface area contributed by atoms with E-state index in [4.69, 9.17) is 23.2 Å². The van der Waals surface area contributed by atoms with Crippen molar-refractivity contribution in [2.45, 2.75) is 19.3 Å². The molecule has 4 nitrogen and oxygen atoms in total. The Morgan fingerprint density at radius 3 is 2.15 bits per heavy atom. The van der Waals surface area contributed by atoms with Gasteiger partial charge < -0.3 is 15.0 Å². The highest BCUT2D eigenvalue weighted by atomic mass is 35.5. The van der Waals surface area contributed by atoms with Gasteiger partial charge in [-0.2, -0.15) is 0 Å². The minimum Gasteiger partial charge on any atom is -0.409 e. The van der Waals surface area contributed by atoms with Gasteiger partial charge in [0, 0.05) is 32.9 Å². The van der Waals surface area contributed by atoms with Crippen LogP contribution in [0.4, 0.5) is 5.69 Å². The van der Waals surface area contributed by atoms with Crippen LogP contribution in [0.15, 0.2) is 17.3 Å². The summed E-state index contributed by atoms with van der Waals surface area (Å²) >= 11 is 12.7. The van der Waals surface area contributed by atoms with Crippen molar-refractivity contribution in [1.29, 1.82) is 0 Å². The van der Waals surface area contributed by atoms with Gasteiger partial charge in [-0.3, -0.25) is 0 Å². The SMILES string of the molecule is CN(C)c1cc(Cl)c(/C(=N/O)N2CCCCC2)c(Cl)c1. The topological polar surface area (TPSA) is 39.1 Å². The third kappa shape index (κ3) is 3.13. The van der Waals surface area contributed by atoms with Crippen molar-refractivity contribution in [2.24, 2.45) is 5.16 Å². The largest absolute Gasteiger partial charge is 0.409 e. The number of benzene rings is 1. The summed E-state index contributed by atoms with van der Waals surface area (Å²) in [6.07, 6.45) is 3.38. The van der Waals surface area contributed by atoms with Gasteiger partial charge in [-0.1, -0.05) is 28.4 Å². The van der Waals surface area contributed by atoms with Gasteiger partial charge in [-0.15, -0.1) is 0 Å². The molecule has 0 saturated carbocycles. The van der Waals surface area contributed by atoms with Crippen LogP contribution in [0.1, 0.15) is 24.8 Å². The summed E-state index contributed by atoms with van der Waals surface area (Å²) in [6, 6.07) is 3.66. The molecule has 1 heterocycles. The van der Waals surface area contributed by atoms with Crippen molar-refractivity contribution < 1.29 is 5.21 Å². The lowest BCUT2D eigenvalue weighted by atomic mass is 10.1. The molecule has 0 bridgehead atoms. The molecular weight excluding hydrogens is 297 g/mol. The van der Waals surface area contributed by atoms with Crippen molar-refractivity contribution in [2.75, 3.05) is 32.1 Å². The number of likely N-dealkylation sites (tertiary alicyclic amines) is 1. The Morgan fingerprint density at radius 1 is 1.15 bits per heavy atom. The number of amidine groups is 1. The third-order valence-electron chi connectivity index (χ3n) is 3.52. The maximum atomic E-state index is 9.38. The Bertz CT molecular complexity index is 488. The first-order valence-electron chi connectivity index (χ1n) is 6.68. The van der Waals surface area contributed by atoms with Crippen molar-refractivity contribution >= 4 is 34.7 Å². The van der Waals surface area contributed by atoms with Crippen LogP contribution in [0.5, 0.6) is 0 Å². The van der Waals surface area contributed by atoms with Gasteiger partial charge in [-0.25, -0.2) is 0 Å². The summed E-state index contributed by atoms with van der Waals surface area (Å²) < 4.78 is 0. The van der Waals surface area contributed by atoms with E-state index in [1.54, 1.807) is 0 Å². The monoisotopic (exact) mass is 315 g/mol. The average Bonchev–Trinajstić information content (AvgIpc) is 2.43. The molecule has 1 fully saturated rings. The molecule has 0 radical (unpaired) electrons. The van der Waals surface area contributed by atoms with Crippen molar-refractivity contribution in [3.8, 4) is 0 Å². The molecule has 1 aromatic rings. The lowest BCUT2D eigenvalue weighted by Crippen LogP contribution is -2.36. The standard InChI is InChI=1S/C14H19Cl2N3O/c1-18(2)10-8-11(15)13(12(16)9-10)14(17-20)19-6-4-3-5-7-19/h8-9,20H,3-7H2,1-2H3/b17-14-. The fraction of sp³-hybridized carbons (Fsp3) is 0.500. The van der Waals surface area contributed by atoms with Gasteiger partial charge in [-0.05, 0) is 31.4 Å². The molecule has 0 aromatic heterocycles. The normalized spacial score (nSPS) is 16.4. The zero-order valence-corrected chi connectivity index (χ0v) is 13.2. The second kappa shape index (κ2) is 6.55. The van der Waals surface area contributed by atoms with Crippen LogP contribution in [-0.2, 0) is 0 Å². The summed E-state index contributed by atoms with van der Waals surface area (Å²) in [5, 5.41) is 13.8. The van der Waals surface area contributed by atoms with Crippen LogP contribution >= 0.6 is 23.2 Å². The van der Waals surface area contributed by atoms with Crippen LogP contribution in [-0.4, -0.2) is 43.1 Å². The second-order valence-corrected chi connectivity index (χ2v) is 5.96. The van der Waals surface area contributed by atoms with E-state index >= 15 is 0 Å². The number of nitrogens with zero attached hydrogens (tertiary/aromatic N) is 3. The average molecular weight is 316 g/mol. The number of oxime groups is 1. The minimum atomic E-state index is 0.463. The summed E-state index contributed by atoms with van der Waals surface area (Å²) in [5.74, 6) is 0.463. The molecule has 1 aliphatic rings. The van der Waals surface area contributed by atoms with Gasteiger partial charge in [0.05, 0.1) is 15.6 Å². The Hall–Kier alpha value is -1.13. The third-order valence-corrected chi connectivity index (χ3v) is 4.11. The number of rotatable bonds is 2. The van der Waals surface area contributed by atoms with Gasteiger partial charge in [0.25, 0.3) is 0 Å². The fourth-order valence-electron chi connectivity index (χ4n) is 2.41. The highest BCUT2D eigenvalue weighted by molar-refractivity contribution is 6.40. The molecule has 2 rings (SSSR count). The van der Waals surface area contributed by atoms with Gasteiger partial charge in [0.1, 0.15) is 0 Å². The number of anilines is 1. The van der Waals surface area contributed by atoms with E-state index in [-0.39, 0.29) is 0 Å². The molecule has 0 amide bonds. The summed E-state index contributed by atoms with van der Waals surface area (Å²) in [6.45, 7) is 1.73. The van der Waals surface area contributed by atoms with Crippen LogP contribution in [0.2, 0.25) is 10.0 Å². The molecule has 1 saturated heterocycles. The van der Waals surface area contributed by atoms with Crippen molar-refractivity contribution in [3.05, 3.63) is 27.7 Å². The van der Waals surface area contributed by atoms with Crippen LogP contribution in [0.3, 0.4) is 0 Å². The van der Waals surface area contributed by atoms with Crippen molar-refractivity contribution in [1.82, 2.24) is 4.90 Å². The van der Waals surface area contributed by atoms with Crippen LogP contribution in [0.25, 0.3) is 0 Å². The van der Waals surface area contributed by atoms with Crippen molar-refractivity contribution in [3.63, 3.8) is 0 Å². The molecule has 0 spiro atoms. The smallest absolute Gasteiger partial charge is 0.178 e. The van der Waals surface area contributed by atoms with E-state index < -0.39 is 0 Å². The molecule has 1 N–H and O–H groups in total. The van der Waals surface area contributed by atoms with Crippen LogP contribution in [0, 0.1) is 0 Å². The number of piperidine rings is 1. The molecule has 0 aliphatic carbocycles. The zero-order chi connectivity index (χ0) is 14.7. The van der Waals surface area contributed by atoms with E-state index in [9.17, 15) is 5.21 Å². The predicted molar refractivity (Wildman–Crippen MR) is 84.5 cm³/mol. The Labute approximate surface area is 129 Å². The lowest BCUT2D eigenvalue weighted by Gasteiger charge is -2.30. The van der Waals surface area contributed by atoms with Gasteiger partial charge in [0.15, 0.2) is 5.84 Å². The van der Waals surface area contributed by atoms with E-state index in [1.165, 1.54) is 6.42 Å². The molecule has 1 aliphatic heterocycles. The van der Waals surface area contributed by atoms with Crippen LogP contribution < -0.4 is 4.90 Å². The molecule has 1 aromatic carbocycles. The summed E-state index contributed by atoms with van der Waals surface area (Å²) in [4.78, 5) is 3.96. The fourth-order valence-corrected chi connectivity index (χ4v) is 3.05. The van der Waals surface area contributed by atoms with E-state index in [0.717, 1.165) is 31.6 Å². The van der Waals surface area contributed by atoms with E-state index in [1.807, 2.05) is 36.0 Å². The maximum Gasteiger partial charge on any atom is 0.178 e. The first kappa shape index (κ1) is 15.3. The molecule has 110 valence electrons. The molecular formula is C14H19Cl2N3O. The number of hydrogen-bond acceptors (Lipinski definition) is 3. The first-order valence-corrected chi connectivity index (χ1v) is 7.44. The molecule has 6 heteroatoms. The summed E-state index contributed by atoms with van der Waals surface area (Å²) in [7, 11) is 3.85. The Balaban J connectivity index is 2.39. The predicted octanol–water partition coefficient (Wildman–Crippen LogP) is 3.68. The number of hydrogen-bond donors (Lipinski definition) is 1. The molecule has 0 unspecified atom stereocenters. The first-order chi connectivity index (χ1) is 9.54. The highest BCUT2D eigenvalue weighted by Gasteiger charge is 2.22. The van der Waals surface area contributed by atoms with E-state index in [2.05, 4.69) is 5.16 Å². The second-order valence-electron chi connectivity index (χ2n) is 5.15.